The molecule has 1 aromatic heterocycles. The molecule has 0 N–H and O–H groups in total. The van der Waals surface area contributed by atoms with Crippen LogP contribution >= 0.6 is 0 Å². The maximum absolute atomic E-state index is 13.5. The molecule has 0 amide bonds. The lowest BCUT2D eigenvalue weighted by molar-refractivity contribution is 0.0491. The fraction of sp³-hybridized carbons (Fsp3) is 0.115. The van der Waals surface area contributed by atoms with Crippen molar-refractivity contribution >= 4 is 22.9 Å². The van der Waals surface area contributed by atoms with Gasteiger partial charge < -0.3 is 18.6 Å². The van der Waals surface area contributed by atoms with Crippen LogP contribution in [0.1, 0.15) is 27.8 Å². The number of hydrogen-bond acceptors (Lipinski definition) is 7. The van der Waals surface area contributed by atoms with E-state index in [0.29, 0.717) is 16.9 Å². The zero-order valence-corrected chi connectivity index (χ0v) is 18.0. The number of carbonyl (C=O) groups excluding carboxylic acids is 2. The van der Waals surface area contributed by atoms with Crippen molar-refractivity contribution in [3.63, 3.8) is 0 Å². The molecular formula is C26H20O7. The Morgan fingerprint density at radius 2 is 1.64 bits per heavy atom. The van der Waals surface area contributed by atoms with Crippen LogP contribution in [-0.2, 0) is 4.74 Å². The molecule has 0 bridgehead atoms. The maximum atomic E-state index is 13.5. The van der Waals surface area contributed by atoms with Crippen LogP contribution in [0.15, 0.2) is 82.0 Å². The monoisotopic (exact) mass is 444 g/mol. The van der Waals surface area contributed by atoms with E-state index in [4.69, 9.17) is 18.6 Å². The molecule has 0 aliphatic heterocycles. The first-order chi connectivity index (χ1) is 16.0. The third kappa shape index (κ3) is 4.34. The number of carbonyl (C=O) groups is 2. The van der Waals surface area contributed by atoms with E-state index >= 15 is 0 Å². The Bertz CT molecular complexity index is 1390. The van der Waals surface area contributed by atoms with Gasteiger partial charge in [-0.3, -0.25) is 4.79 Å². The Balaban J connectivity index is 1.86. The van der Waals surface area contributed by atoms with Crippen LogP contribution in [0.2, 0.25) is 0 Å². The van der Waals surface area contributed by atoms with E-state index in [0.717, 1.165) is 0 Å². The molecule has 0 aliphatic carbocycles. The van der Waals surface area contributed by atoms with Crippen LogP contribution in [0.3, 0.4) is 0 Å². The summed E-state index contributed by atoms with van der Waals surface area (Å²) in [4.78, 5) is 38.5. The molecule has 166 valence electrons. The highest BCUT2D eigenvalue weighted by atomic mass is 16.5. The Hall–Kier alpha value is -4.39. The van der Waals surface area contributed by atoms with Gasteiger partial charge in [-0.15, -0.1) is 0 Å². The first kappa shape index (κ1) is 21.8. The van der Waals surface area contributed by atoms with Crippen LogP contribution < -0.4 is 14.9 Å². The molecule has 0 saturated heterocycles. The Labute approximate surface area is 189 Å². The van der Waals surface area contributed by atoms with E-state index in [1.807, 2.05) is 0 Å². The van der Waals surface area contributed by atoms with E-state index in [1.54, 1.807) is 61.5 Å². The van der Waals surface area contributed by atoms with Crippen molar-refractivity contribution in [1.82, 2.24) is 0 Å². The van der Waals surface area contributed by atoms with Gasteiger partial charge in [-0.2, -0.15) is 0 Å². The highest BCUT2D eigenvalue weighted by Gasteiger charge is 2.25. The lowest BCUT2D eigenvalue weighted by Gasteiger charge is -2.13. The molecule has 0 atom stereocenters. The number of ether oxygens (including phenoxy) is 3. The SMILES string of the molecule is CCOC(=O)c1oc2cc(OC(=O)c3ccccc3)ccc2c(=O)c1-c1ccccc1OC. The number of fused-ring (bicyclic) bond motifs is 1. The lowest BCUT2D eigenvalue weighted by Crippen LogP contribution is -2.15. The summed E-state index contributed by atoms with van der Waals surface area (Å²) in [6, 6.07) is 19.7. The number of methoxy groups -OCH3 is 1. The molecule has 0 spiro atoms. The summed E-state index contributed by atoms with van der Waals surface area (Å²) >= 11 is 0. The fourth-order valence-electron chi connectivity index (χ4n) is 3.41. The van der Waals surface area contributed by atoms with Gasteiger partial charge in [0.1, 0.15) is 17.1 Å². The maximum Gasteiger partial charge on any atom is 0.375 e. The number of benzene rings is 3. The minimum absolute atomic E-state index is 0.0347. The Morgan fingerprint density at radius 1 is 0.909 bits per heavy atom. The van der Waals surface area contributed by atoms with Gasteiger partial charge in [-0.25, -0.2) is 9.59 Å². The molecule has 3 aromatic carbocycles. The quantitative estimate of drug-likeness (QED) is 0.310. The van der Waals surface area contributed by atoms with Gasteiger partial charge in [0.25, 0.3) is 0 Å². The summed E-state index contributed by atoms with van der Waals surface area (Å²) in [5.41, 5.74) is 0.452. The first-order valence-corrected chi connectivity index (χ1v) is 10.2. The van der Waals surface area contributed by atoms with E-state index in [2.05, 4.69) is 0 Å². The summed E-state index contributed by atoms with van der Waals surface area (Å²) in [6.45, 7) is 1.75. The highest BCUT2D eigenvalue weighted by Crippen LogP contribution is 2.33. The fourth-order valence-corrected chi connectivity index (χ4v) is 3.41. The number of rotatable bonds is 6. The Morgan fingerprint density at radius 3 is 2.36 bits per heavy atom. The summed E-state index contributed by atoms with van der Waals surface area (Å²) in [5.74, 6) is -1.04. The second-order valence-corrected chi connectivity index (χ2v) is 6.97. The van der Waals surface area contributed by atoms with Crippen LogP contribution in [0.25, 0.3) is 22.1 Å². The predicted octanol–water partition coefficient (Wildman–Crippen LogP) is 4.86. The molecular weight excluding hydrogens is 424 g/mol. The highest BCUT2D eigenvalue weighted by molar-refractivity contribution is 5.99. The molecule has 0 radical (unpaired) electrons. The largest absolute Gasteiger partial charge is 0.496 e. The number of hydrogen-bond donors (Lipinski definition) is 0. The van der Waals surface area contributed by atoms with Crippen molar-refractivity contribution in [2.24, 2.45) is 0 Å². The summed E-state index contributed by atoms with van der Waals surface area (Å²) in [5, 5.41) is 0.212. The zero-order chi connectivity index (χ0) is 23.4. The van der Waals surface area contributed by atoms with E-state index in [-0.39, 0.29) is 34.6 Å². The molecule has 0 saturated carbocycles. The lowest BCUT2D eigenvalue weighted by atomic mass is 10.0. The van der Waals surface area contributed by atoms with Crippen molar-refractivity contribution in [3.05, 3.63) is 94.3 Å². The van der Waals surface area contributed by atoms with Gasteiger partial charge in [0, 0.05) is 11.6 Å². The normalized spacial score (nSPS) is 10.6. The molecule has 4 rings (SSSR count). The van der Waals surface area contributed by atoms with Crippen LogP contribution in [0.5, 0.6) is 11.5 Å². The molecule has 0 fully saturated rings. The van der Waals surface area contributed by atoms with Crippen molar-refractivity contribution in [1.29, 1.82) is 0 Å². The molecule has 7 nitrogen and oxygen atoms in total. The second kappa shape index (κ2) is 9.40. The summed E-state index contributed by atoms with van der Waals surface area (Å²) in [6.07, 6.45) is 0. The smallest absolute Gasteiger partial charge is 0.375 e. The molecule has 7 heteroatoms. The van der Waals surface area contributed by atoms with Gasteiger partial charge in [-0.05, 0) is 37.3 Å². The summed E-state index contributed by atoms with van der Waals surface area (Å²) in [7, 11) is 1.47. The van der Waals surface area contributed by atoms with Crippen LogP contribution in [-0.4, -0.2) is 25.7 Å². The van der Waals surface area contributed by atoms with Crippen molar-refractivity contribution in [3.8, 4) is 22.6 Å². The third-order valence-corrected chi connectivity index (χ3v) is 4.92. The van der Waals surface area contributed by atoms with E-state index in [9.17, 15) is 14.4 Å². The van der Waals surface area contributed by atoms with Gasteiger partial charge in [0.15, 0.2) is 0 Å². The number of para-hydroxylation sites is 1. The second-order valence-electron chi connectivity index (χ2n) is 6.97. The number of esters is 2. The van der Waals surface area contributed by atoms with Gasteiger partial charge in [0.05, 0.1) is 30.2 Å². The average molecular weight is 444 g/mol. The van der Waals surface area contributed by atoms with E-state index in [1.165, 1.54) is 25.3 Å². The predicted molar refractivity (Wildman–Crippen MR) is 122 cm³/mol. The average Bonchev–Trinajstić information content (AvgIpc) is 2.84. The molecule has 0 unspecified atom stereocenters. The first-order valence-electron chi connectivity index (χ1n) is 10.2. The van der Waals surface area contributed by atoms with Gasteiger partial charge >= 0.3 is 11.9 Å². The van der Waals surface area contributed by atoms with Crippen molar-refractivity contribution in [2.75, 3.05) is 13.7 Å². The topological polar surface area (TPSA) is 92.0 Å². The van der Waals surface area contributed by atoms with Gasteiger partial charge in [-0.1, -0.05) is 36.4 Å². The molecule has 33 heavy (non-hydrogen) atoms. The van der Waals surface area contributed by atoms with Crippen molar-refractivity contribution in [2.45, 2.75) is 6.92 Å². The molecule has 4 aromatic rings. The minimum atomic E-state index is -0.788. The van der Waals surface area contributed by atoms with E-state index < -0.39 is 17.4 Å². The third-order valence-electron chi connectivity index (χ3n) is 4.92. The minimum Gasteiger partial charge on any atom is -0.496 e. The van der Waals surface area contributed by atoms with Crippen LogP contribution in [0, 0.1) is 0 Å². The summed E-state index contributed by atoms with van der Waals surface area (Å²) < 4.78 is 21.8. The van der Waals surface area contributed by atoms with Crippen molar-refractivity contribution < 1.29 is 28.2 Å². The van der Waals surface area contributed by atoms with Gasteiger partial charge in [0.2, 0.25) is 11.2 Å². The molecule has 0 aliphatic rings. The Kier molecular flexibility index (Phi) is 6.22. The van der Waals surface area contributed by atoms with Crippen LogP contribution in [0.4, 0.5) is 0 Å². The molecule has 1 heterocycles. The zero-order valence-electron chi connectivity index (χ0n) is 18.0. The standard InChI is InChI=1S/C26H20O7/c1-3-31-26(29)24-22(18-11-7-8-12-20(18)30-2)23(27)19-14-13-17(15-21(19)33-24)32-25(28)16-9-5-4-6-10-16/h4-15H,3H2,1-2H3.